The fourth-order valence-electron chi connectivity index (χ4n) is 1.69. The molecule has 10 nitrogen and oxygen atoms in total. The van der Waals surface area contributed by atoms with Gasteiger partial charge in [-0.15, -0.1) is 5.10 Å². The SMILES string of the molecule is Cc1n[nH]c(C)c1NC(=O)Cn1ncc(NC(=O)N(C)C)n1. The Kier molecular flexibility index (Phi) is 4.39. The first-order valence-corrected chi connectivity index (χ1v) is 6.56. The van der Waals surface area contributed by atoms with Gasteiger partial charge in [0, 0.05) is 14.1 Å². The molecule has 0 aliphatic carbocycles. The van der Waals surface area contributed by atoms with Gasteiger partial charge in [0.15, 0.2) is 5.82 Å². The lowest BCUT2D eigenvalue weighted by atomic mass is 10.3. The van der Waals surface area contributed by atoms with Crippen molar-refractivity contribution in [1.29, 1.82) is 0 Å². The summed E-state index contributed by atoms with van der Waals surface area (Å²) in [5, 5.41) is 20.0. The lowest BCUT2D eigenvalue weighted by Gasteiger charge is -2.09. The smallest absolute Gasteiger partial charge is 0.322 e. The Balaban J connectivity index is 1.95. The first-order chi connectivity index (χ1) is 10.4. The lowest BCUT2D eigenvalue weighted by molar-refractivity contribution is -0.117. The van der Waals surface area contributed by atoms with E-state index >= 15 is 0 Å². The molecule has 10 heteroatoms. The van der Waals surface area contributed by atoms with Gasteiger partial charge in [-0.25, -0.2) is 4.79 Å². The molecule has 2 aromatic rings. The van der Waals surface area contributed by atoms with Crippen LogP contribution in [0.2, 0.25) is 0 Å². The number of amides is 3. The Labute approximate surface area is 126 Å². The van der Waals surface area contributed by atoms with Gasteiger partial charge in [-0.1, -0.05) is 0 Å². The number of aryl methyl sites for hydroxylation is 2. The second kappa shape index (κ2) is 6.24. The Morgan fingerprint density at radius 3 is 2.64 bits per heavy atom. The standard InChI is InChI=1S/C12H18N8O2/c1-7-11(8(2)17-16-7)15-10(21)6-20-13-5-9(18-20)14-12(22)19(3)4/h5H,6H2,1-4H3,(H,15,21)(H,16,17)(H,14,18,22). The summed E-state index contributed by atoms with van der Waals surface area (Å²) in [7, 11) is 3.23. The van der Waals surface area contributed by atoms with Crippen molar-refractivity contribution in [2.24, 2.45) is 0 Å². The predicted octanol–water partition coefficient (Wildman–Crippen LogP) is 0.350. The van der Waals surface area contributed by atoms with Crippen LogP contribution in [-0.4, -0.2) is 56.1 Å². The Hall–Kier alpha value is -2.91. The predicted molar refractivity (Wildman–Crippen MR) is 79.4 cm³/mol. The third-order valence-electron chi connectivity index (χ3n) is 2.86. The average Bonchev–Trinajstić information content (AvgIpc) is 3.00. The van der Waals surface area contributed by atoms with E-state index in [4.69, 9.17) is 0 Å². The minimum absolute atomic E-state index is 0.0676. The van der Waals surface area contributed by atoms with Crippen molar-refractivity contribution < 1.29 is 9.59 Å². The molecule has 0 radical (unpaired) electrons. The molecule has 2 rings (SSSR count). The summed E-state index contributed by atoms with van der Waals surface area (Å²) in [4.78, 5) is 26.0. The number of aromatic nitrogens is 5. The van der Waals surface area contributed by atoms with Crippen molar-refractivity contribution in [3.05, 3.63) is 17.6 Å². The molecule has 0 unspecified atom stereocenters. The molecule has 3 amide bonds. The molecule has 0 saturated heterocycles. The quantitative estimate of drug-likeness (QED) is 0.752. The number of rotatable bonds is 4. The second-order valence-corrected chi connectivity index (χ2v) is 4.94. The number of carbonyl (C=O) groups is 2. The minimum Gasteiger partial charge on any atom is -0.331 e. The number of urea groups is 1. The van der Waals surface area contributed by atoms with Crippen molar-refractivity contribution >= 4 is 23.4 Å². The Morgan fingerprint density at radius 2 is 2.05 bits per heavy atom. The maximum atomic E-state index is 12.0. The largest absolute Gasteiger partial charge is 0.331 e. The number of nitrogens with one attached hydrogen (secondary N) is 3. The van der Waals surface area contributed by atoms with Gasteiger partial charge in [0.1, 0.15) is 6.54 Å². The normalized spacial score (nSPS) is 10.4. The number of aromatic amines is 1. The summed E-state index contributed by atoms with van der Waals surface area (Å²) in [6.07, 6.45) is 1.38. The summed E-state index contributed by atoms with van der Waals surface area (Å²) >= 11 is 0. The van der Waals surface area contributed by atoms with Crippen molar-refractivity contribution in [2.45, 2.75) is 20.4 Å². The summed E-state index contributed by atoms with van der Waals surface area (Å²) < 4.78 is 0. The van der Waals surface area contributed by atoms with Crippen LogP contribution < -0.4 is 10.6 Å². The van der Waals surface area contributed by atoms with Crippen LogP contribution in [0.15, 0.2) is 6.20 Å². The van der Waals surface area contributed by atoms with Crippen molar-refractivity contribution in [1.82, 2.24) is 30.1 Å². The molecule has 0 aliphatic rings. The van der Waals surface area contributed by atoms with E-state index in [2.05, 4.69) is 31.0 Å². The maximum absolute atomic E-state index is 12.0. The molecule has 0 spiro atoms. The molecular formula is C12H18N8O2. The Morgan fingerprint density at radius 1 is 1.32 bits per heavy atom. The summed E-state index contributed by atoms with van der Waals surface area (Å²) in [5.74, 6) is -0.00383. The molecule has 0 aromatic carbocycles. The van der Waals surface area contributed by atoms with Crippen molar-refractivity contribution in [3.63, 3.8) is 0 Å². The van der Waals surface area contributed by atoms with E-state index in [1.807, 2.05) is 6.92 Å². The fraction of sp³-hybridized carbons (Fsp3) is 0.417. The number of hydrogen-bond donors (Lipinski definition) is 3. The average molecular weight is 306 g/mol. The van der Waals surface area contributed by atoms with E-state index < -0.39 is 0 Å². The van der Waals surface area contributed by atoms with Crippen LogP contribution >= 0.6 is 0 Å². The monoisotopic (exact) mass is 306 g/mol. The highest BCUT2D eigenvalue weighted by Gasteiger charge is 2.13. The zero-order valence-corrected chi connectivity index (χ0v) is 12.8. The van der Waals surface area contributed by atoms with Crippen LogP contribution in [-0.2, 0) is 11.3 Å². The molecule has 0 atom stereocenters. The molecule has 118 valence electrons. The van der Waals surface area contributed by atoms with Gasteiger partial charge in [-0.2, -0.15) is 15.0 Å². The molecule has 3 N–H and O–H groups in total. The van der Waals surface area contributed by atoms with Crippen LogP contribution in [0.5, 0.6) is 0 Å². The van der Waals surface area contributed by atoms with Crippen LogP contribution in [0.25, 0.3) is 0 Å². The van der Waals surface area contributed by atoms with E-state index in [0.29, 0.717) is 11.4 Å². The molecule has 0 bridgehead atoms. The van der Waals surface area contributed by atoms with Gasteiger partial charge in [0.2, 0.25) is 5.91 Å². The van der Waals surface area contributed by atoms with E-state index in [1.165, 1.54) is 15.9 Å². The van der Waals surface area contributed by atoms with Gasteiger partial charge < -0.3 is 10.2 Å². The van der Waals surface area contributed by atoms with E-state index in [0.717, 1.165) is 5.69 Å². The van der Waals surface area contributed by atoms with E-state index in [1.54, 1.807) is 21.0 Å². The number of nitrogens with zero attached hydrogens (tertiary/aromatic N) is 5. The first kappa shape index (κ1) is 15.5. The highest BCUT2D eigenvalue weighted by atomic mass is 16.2. The van der Waals surface area contributed by atoms with Gasteiger partial charge in [-0.05, 0) is 13.8 Å². The molecular weight excluding hydrogens is 288 g/mol. The maximum Gasteiger partial charge on any atom is 0.322 e. The van der Waals surface area contributed by atoms with Gasteiger partial charge in [0.05, 0.1) is 23.3 Å². The topological polar surface area (TPSA) is 121 Å². The van der Waals surface area contributed by atoms with E-state index in [-0.39, 0.29) is 24.3 Å². The third kappa shape index (κ3) is 3.59. The number of hydrogen-bond acceptors (Lipinski definition) is 5. The van der Waals surface area contributed by atoms with Crippen LogP contribution in [0.3, 0.4) is 0 Å². The summed E-state index contributed by atoms with van der Waals surface area (Å²) in [6.45, 7) is 3.54. The Bertz CT molecular complexity index is 668. The molecule has 22 heavy (non-hydrogen) atoms. The van der Waals surface area contributed by atoms with Crippen LogP contribution in [0, 0.1) is 13.8 Å². The molecule has 2 aromatic heterocycles. The van der Waals surface area contributed by atoms with Gasteiger partial charge >= 0.3 is 6.03 Å². The molecule has 0 fully saturated rings. The lowest BCUT2D eigenvalue weighted by Crippen LogP contribution is -2.27. The molecule has 2 heterocycles. The zero-order valence-electron chi connectivity index (χ0n) is 12.8. The van der Waals surface area contributed by atoms with Crippen LogP contribution in [0.4, 0.5) is 16.3 Å². The summed E-state index contributed by atoms with van der Waals surface area (Å²) in [6, 6.07) is -0.318. The van der Waals surface area contributed by atoms with Crippen LogP contribution in [0.1, 0.15) is 11.4 Å². The van der Waals surface area contributed by atoms with Gasteiger partial charge in [0.25, 0.3) is 0 Å². The fourth-order valence-corrected chi connectivity index (χ4v) is 1.69. The molecule has 0 aliphatic heterocycles. The second-order valence-electron chi connectivity index (χ2n) is 4.94. The summed E-state index contributed by atoms with van der Waals surface area (Å²) in [5.41, 5.74) is 2.13. The third-order valence-corrected chi connectivity index (χ3v) is 2.86. The van der Waals surface area contributed by atoms with Gasteiger partial charge in [-0.3, -0.25) is 15.2 Å². The van der Waals surface area contributed by atoms with E-state index in [9.17, 15) is 9.59 Å². The number of anilines is 2. The first-order valence-electron chi connectivity index (χ1n) is 6.56. The highest BCUT2D eigenvalue weighted by Crippen LogP contribution is 2.15. The van der Waals surface area contributed by atoms with Crippen molar-refractivity contribution in [3.8, 4) is 0 Å². The van der Waals surface area contributed by atoms with Crippen molar-refractivity contribution in [2.75, 3.05) is 24.7 Å². The minimum atomic E-state index is -0.318. The zero-order chi connectivity index (χ0) is 16.3. The number of H-pyrrole nitrogens is 1. The highest BCUT2D eigenvalue weighted by molar-refractivity contribution is 5.91. The number of carbonyl (C=O) groups excluding carboxylic acids is 2. The molecule has 0 saturated carbocycles.